The topological polar surface area (TPSA) is 23.8 Å². The molecule has 0 aliphatic heterocycles. The average molecular weight is 152 g/mol. The Balaban J connectivity index is 3.03. The molecule has 1 nitrogen and oxygen atoms in total. The van der Waals surface area contributed by atoms with Crippen LogP contribution in [0.1, 0.15) is 11.1 Å². The molecule has 0 aromatic heterocycles. The van der Waals surface area contributed by atoms with Gasteiger partial charge in [0.15, 0.2) is 6.43 Å². The number of halogens is 2. The van der Waals surface area contributed by atoms with E-state index in [9.17, 15) is 8.78 Å². The molecular weight excluding hydrogens is 148 g/mol. The summed E-state index contributed by atoms with van der Waals surface area (Å²) in [6, 6.07) is 7.09. The van der Waals surface area contributed by atoms with Gasteiger partial charge in [0.05, 0.1) is 6.07 Å². The van der Waals surface area contributed by atoms with E-state index in [4.69, 9.17) is 5.26 Å². The highest BCUT2D eigenvalue weighted by Crippen LogP contribution is 2.17. The molecule has 0 bridgehead atoms. The molecule has 0 saturated heterocycles. The molecule has 0 atom stereocenters. The third kappa shape index (κ3) is 1.68. The van der Waals surface area contributed by atoms with Crippen LogP contribution in [0.25, 0.3) is 0 Å². The van der Waals surface area contributed by atoms with E-state index in [1.165, 1.54) is 18.2 Å². The Morgan fingerprint density at radius 2 is 2.09 bits per heavy atom. The van der Waals surface area contributed by atoms with Gasteiger partial charge in [0.2, 0.25) is 0 Å². The molecular formula is C8H4F2N-. The summed E-state index contributed by atoms with van der Waals surface area (Å²) in [4.78, 5) is 0. The first kappa shape index (κ1) is 7.55. The van der Waals surface area contributed by atoms with E-state index >= 15 is 0 Å². The molecule has 1 aromatic carbocycles. The van der Waals surface area contributed by atoms with Gasteiger partial charge in [-0.05, 0) is 5.56 Å². The summed E-state index contributed by atoms with van der Waals surface area (Å²) in [5.74, 6) is 0. The van der Waals surface area contributed by atoms with Crippen molar-refractivity contribution in [1.29, 1.82) is 5.26 Å². The third-order valence-electron chi connectivity index (χ3n) is 1.21. The van der Waals surface area contributed by atoms with E-state index in [0.717, 1.165) is 6.07 Å². The molecule has 0 fully saturated rings. The van der Waals surface area contributed by atoms with E-state index in [0.29, 0.717) is 0 Å². The van der Waals surface area contributed by atoms with Crippen LogP contribution in [0.2, 0.25) is 0 Å². The Hall–Kier alpha value is -1.56. The number of rotatable bonds is 1. The fourth-order valence-electron chi connectivity index (χ4n) is 0.706. The summed E-state index contributed by atoms with van der Waals surface area (Å²) in [5.41, 5.74) is 0.0550. The lowest BCUT2D eigenvalue weighted by Crippen LogP contribution is -1.84. The highest BCUT2D eigenvalue weighted by atomic mass is 19.3. The monoisotopic (exact) mass is 152 g/mol. The van der Waals surface area contributed by atoms with Gasteiger partial charge in [0.1, 0.15) is 0 Å². The Labute approximate surface area is 62.9 Å². The molecule has 0 aliphatic rings. The molecule has 0 aliphatic carbocycles. The van der Waals surface area contributed by atoms with Crippen LogP contribution >= 0.6 is 0 Å². The van der Waals surface area contributed by atoms with Gasteiger partial charge in [0, 0.05) is 0 Å². The Bertz CT molecular complexity index is 288. The largest absolute Gasteiger partial charge is 0.251 e. The lowest BCUT2D eigenvalue weighted by molar-refractivity contribution is 0.325. The molecule has 1 aromatic rings. The minimum atomic E-state index is -1.76. The first-order chi connectivity index (χ1) is 5.24. The Morgan fingerprint density at radius 3 is 2.64 bits per heavy atom. The fraction of sp³-hybridized carbons (Fsp3) is 0. The number of nitrogens with zero attached hydrogens (tertiary/aromatic N) is 1. The number of hydrogen-bond acceptors (Lipinski definition) is 1. The van der Waals surface area contributed by atoms with Crippen molar-refractivity contribution in [2.24, 2.45) is 0 Å². The molecule has 0 amide bonds. The van der Waals surface area contributed by atoms with Crippen molar-refractivity contribution in [2.75, 3.05) is 0 Å². The van der Waals surface area contributed by atoms with Gasteiger partial charge >= 0.3 is 0 Å². The van der Waals surface area contributed by atoms with Gasteiger partial charge in [-0.3, -0.25) is 8.78 Å². The van der Waals surface area contributed by atoms with Crippen molar-refractivity contribution in [1.82, 2.24) is 0 Å². The van der Waals surface area contributed by atoms with Crippen LogP contribution in [0.15, 0.2) is 24.3 Å². The van der Waals surface area contributed by atoms with Crippen LogP contribution in [0, 0.1) is 17.8 Å². The van der Waals surface area contributed by atoms with Crippen molar-refractivity contribution in [3.05, 3.63) is 41.8 Å². The van der Waals surface area contributed by atoms with Gasteiger partial charge in [-0.25, -0.2) is 0 Å². The second-order valence-corrected chi connectivity index (χ2v) is 1.95. The Kier molecular flexibility index (Phi) is 2.07. The first-order valence-electron chi connectivity index (χ1n) is 2.92. The Morgan fingerprint density at radius 1 is 1.36 bits per heavy atom. The minimum Gasteiger partial charge on any atom is -0.251 e. The highest BCUT2D eigenvalue weighted by Gasteiger charge is 1.96. The average Bonchev–Trinajstić information content (AvgIpc) is 2.05. The molecule has 0 N–H and O–H groups in total. The van der Waals surface area contributed by atoms with E-state index in [2.05, 4.69) is 0 Å². The maximum absolute atomic E-state index is 11.9. The number of nitriles is 1. The van der Waals surface area contributed by atoms with Gasteiger partial charge < -0.3 is 0 Å². The zero-order valence-corrected chi connectivity index (χ0v) is 5.51. The van der Waals surface area contributed by atoms with Crippen molar-refractivity contribution in [3.8, 4) is 6.07 Å². The zero-order valence-electron chi connectivity index (χ0n) is 5.51. The van der Waals surface area contributed by atoms with E-state index in [1.807, 2.05) is 0 Å². The molecule has 11 heavy (non-hydrogen) atoms. The summed E-state index contributed by atoms with van der Waals surface area (Å²) in [6.07, 6.45) is -1.76. The molecule has 0 unspecified atom stereocenters. The SMILES string of the molecule is N#Cc1cccc([C-](F)F)c1. The van der Waals surface area contributed by atoms with Crippen LogP contribution < -0.4 is 0 Å². The van der Waals surface area contributed by atoms with Gasteiger partial charge in [-0.2, -0.15) is 11.3 Å². The predicted octanol–water partition coefficient (Wildman–Crippen LogP) is 2.33. The van der Waals surface area contributed by atoms with Gasteiger partial charge in [0.25, 0.3) is 0 Å². The van der Waals surface area contributed by atoms with Crippen molar-refractivity contribution in [2.45, 2.75) is 0 Å². The summed E-state index contributed by atoms with van der Waals surface area (Å²) < 4.78 is 23.8. The molecule has 56 valence electrons. The van der Waals surface area contributed by atoms with E-state index < -0.39 is 6.43 Å². The third-order valence-corrected chi connectivity index (χ3v) is 1.21. The van der Waals surface area contributed by atoms with Crippen LogP contribution in [0.4, 0.5) is 8.78 Å². The highest BCUT2D eigenvalue weighted by molar-refractivity contribution is 5.36. The number of hydrogen-bond donors (Lipinski definition) is 0. The van der Waals surface area contributed by atoms with E-state index in [-0.39, 0.29) is 11.1 Å². The van der Waals surface area contributed by atoms with Crippen molar-refractivity contribution >= 4 is 0 Å². The normalized spacial score (nSPS) is 8.82. The maximum Gasteiger partial charge on any atom is 0.158 e. The molecule has 0 heterocycles. The quantitative estimate of drug-likeness (QED) is 0.566. The van der Waals surface area contributed by atoms with Crippen molar-refractivity contribution in [3.63, 3.8) is 0 Å². The zero-order chi connectivity index (χ0) is 8.27. The molecule has 0 radical (unpaired) electrons. The summed E-state index contributed by atoms with van der Waals surface area (Å²) in [5, 5.41) is 8.34. The van der Waals surface area contributed by atoms with Crippen LogP contribution in [0.5, 0.6) is 0 Å². The molecule has 0 spiro atoms. The second kappa shape index (κ2) is 3.02. The summed E-state index contributed by atoms with van der Waals surface area (Å²) >= 11 is 0. The molecule has 1 rings (SSSR count). The summed E-state index contributed by atoms with van der Waals surface area (Å²) in [6.45, 7) is 0. The van der Waals surface area contributed by atoms with Crippen LogP contribution in [-0.2, 0) is 0 Å². The fourth-order valence-corrected chi connectivity index (χ4v) is 0.706. The first-order valence-corrected chi connectivity index (χ1v) is 2.92. The summed E-state index contributed by atoms with van der Waals surface area (Å²) in [7, 11) is 0. The van der Waals surface area contributed by atoms with Crippen molar-refractivity contribution < 1.29 is 8.78 Å². The molecule has 0 saturated carbocycles. The van der Waals surface area contributed by atoms with Crippen LogP contribution in [0.3, 0.4) is 0 Å². The van der Waals surface area contributed by atoms with E-state index in [1.54, 1.807) is 6.07 Å². The number of benzene rings is 1. The lowest BCUT2D eigenvalue weighted by atomic mass is 10.1. The van der Waals surface area contributed by atoms with Crippen LogP contribution in [-0.4, -0.2) is 0 Å². The van der Waals surface area contributed by atoms with Gasteiger partial charge in [-0.1, -0.05) is 6.07 Å². The standard InChI is InChI=1S/C8H4F2N/c9-8(10)7-3-1-2-6(4-7)5-11/h1-4H/q-1. The second-order valence-electron chi connectivity index (χ2n) is 1.95. The lowest BCUT2D eigenvalue weighted by Gasteiger charge is -2.06. The minimum absolute atomic E-state index is 0.191. The maximum atomic E-state index is 11.9. The predicted molar refractivity (Wildman–Crippen MR) is 35.7 cm³/mol. The van der Waals surface area contributed by atoms with Gasteiger partial charge in [-0.15, -0.1) is 17.7 Å². The molecule has 3 heteroatoms. The smallest absolute Gasteiger partial charge is 0.158 e.